The highest BCUT2D eigenvalue weighted by Gasteiger charge is 2.46. The van der Waals surface area contributed by atoms with Gasteiger partial charge in [-0.1, -0.05) is 55.0 Å². The van der Waals surface area contributed by atoms with Crippen LogP contribution in [-0.4, -0.2) is 42.4 Å². The van der Waals surface area contributed by atoms with Gasteiger partial charge in [-0.2, -0.15) is 5.26 Å². The Kier molecular flexibility index (Phi) is 7.64. The molecule has 0 aromatic heterocycles. The number of benzene rings is 2. The van der Waals surface area contributed by atoms with Crippen molar-refractivity contribution < 1.29 is 9.59 Å². The zero-order valence-corrected chi connectivity index (χ0v) is 19.9. The maximum atomic E-state index is 13.1. The molecule has 1 aliphatic carbocycles. The predicted octanol–water partition coefficient (Wildman–Crippen LogP) is 4.24. The second-order valence-corrected chi connectivity index (χ2v) is 9.67. The summed E-state index contributed by atoms with van der Waals surface area (Å²) in [5.74, 6) is -0.0989. The van der Waals surface area contributed by atoms with E-state index < -0.39 is 5.41 Å². The first-order valence-electron chi connectivity index (χ1n) is 12.4. The summed E-state index contributed by atoms with van der Waals surface area (Å²) in [5.41, 5.74) is 0.779. The number of piperidine rings is 1. The molecule has 2 N–H and O–H groups in total. The largest absolute Gasteiger partial charge is 0.353 e. The minimum Gasteiger partial charge on any atom is -0.353 e. The number of rotatable bonds is 8. The molecule has 6 heteroatoms. The number of nitriles is 1. The molecule has 2 aliphatic rings. The van der Waals surface area contributed by atoms with Crippen LogP contribution < -0.4 is 10.6 Å². The third-order valence-electron chi connectivity index (χ3n) is 7.59. The molecule has 1 atom stereocenters. The number of nitrogens with one attached hydrogen (secondary N) is 2. The maximum absolute atomic E-state index is 13.1. The monoisotopic (exact) mass is 458 g/mol. The van der Waals surface area contributed by atoms with E-state index in [1.807, 2.05) is 6.07 Å². The van der Waals surface area contributed by atoms with Crippen molar-refractivity contribution >= 4 is 22.6 Å². The van der Waals surface area contributed by atoms with E-state index in [1.165, 1.54) is 22.4 Å². The summed E-state index contributed by atoms with van der Waals surface area (Å²) in [6, 6.07) is 17.4. The summed E-state index contributed by atoms with van der Waals surface area (Å²) in [6.07, 6.45) is 7.52. The van der Waals surface area contributed by atoms with E-state index in [-0.39, 0.29) is 24.3 Å². The van der Waals surface area contributed by atoms with E-state index in [1.54, 1.807) is 6.08 Å². The Morgan fingerprint density at radius 2 is 1.91 bits per heavy atom. The van der Waals surface area contributed by atoms with Crippen molar-refractivity contribution in [3.05, 3.63) is 60.2 Å². The summed E-state index contributed by atoms with van der Waals surface area (Å²) < 4.78 is 0. The topological polar surface area (TPSA) is 85.2 Å². The summed E-state index contributed by atoms with van der Waals surface area (Å²) >= 11 is 0. The van der Waals surface area contributed by atoms with Gasteiger partial charge < -0.3 is 10.6 Å². The van der Waals surface area contributed by atoms with Gasteiger partial charge in [-0.3, -0.25) is 14.5 Å². The van der Waals surface area contributed by atoms with E-state index in [9.17, 15) is 9.59 Å². The molecule has 2 amide bonds. The van der Waals surface area contributed by atoms with Crippen molar-refractivity contribution in [2.45, 2.75) is 57.5 Å². The van der Waals surface area contributed by atoms with E-state index >= 15 is 0 Å². The smallest absolute Gasteiger partial charge is 0.226 e. The van der Waals surface area contributed by atoms with Crippen LogP contribution >= 0.6 is 0 Å². The Hall–Kier alpha value is -3.17. The molecule has 2 aromatic rings. The predicted molar refractivity (Wildman–Crippen MR) is 134 cm³/mol. The zero-order chi connectivity index (χ0) is 24.0. The molecular weight excluding hydrogens is 424 g/mol. The van der Waals surface area contributed by atoms with Crippen molar-refractivity contribution in [3.8, 4) is 6.07 Å². The molecule has 178 valence electrons. The highest BCUT2D eigenvalue weighted by Crippen LogP contribution is 2.44. The van der Waals surface area contributed by atoms with Crippen molar-refractivity contribution in [1.29, 1.82) is 5.26 Å². The van der Waals surface area contributed by atoms with Crippen LogP contribution in [0.1, 0.15) is 57.1 Å². The lowest BCUT2D eigenvalue weighted by atomic mass is 9.65. The number of hydrogen-bond acceptors (Lipinski definition) is 4. The second-order valence-electron chi connectivity index (χ2n) is 9.67. The number of fused-ring (bicyclic) bond motifs is 1. The van der Waals surface area contributed by atoms with Gasteiger partial charge in [0.05, 0.1) is 11.5 Å². The van der Waals surface area contributed by atoms with Gasteiger partial charge in [-0.05, 0) is 48.9 Å². The molecule has 2 fully saturated rings. The lowest BCUT2D eigenvalue weighted by Gasteiger charge is -2.42. The Morgan fingerprint density at radius 1 is 1.18 bits per heavy atom. The molecule has 1 saturated carbocycles. The summed E-state index contributed by atoms with van der Waals surface area (Å²) in [6.45, 7) is 4.47. The highest BCUT2D eigenvalue weighted by molar-refractivity contribution is 5.90. The zero-order valence-electron chi connectivity index (χ0n) is 19.9. The minimum absolute atomic E-state index is 0.0296. The standard InChI is InChI=1S/C28H34N4O2/c1-21(24-11-6-9-22-8-2-3-10-25(22)24)32-18-12-23(13-19-32)31-27(34)28(14-7-15-28)20-26(33)30-17-5-4-16-29/h2-6,8-11,21,23H,7,12-15,17-20H2,1H3,(H,30,33)(H,31,34). The second kappa shape index (κ2) is 10.8. The average Bonchev–Trinajstić information content (AvgIpc) is 2.83. The van der Waals surface area contributed by atoms with E-state index in [0.717, 1.165) is 45.2 Å². The van der Waals surface area contributed by atoms with Gasteiger partial charge >= 0.3 is 0 Å². The number of hydrogen-bond donors (Lipinski definition) is 2. The van der Waals surface area contributed by atoms with Gasteiger partial charge in [0.25, 0.3) is 0 Å². The molecule has 1 heterocycles. The summed E-state index contributed by atoms with van der Waals surface area (Å²) in [7, 11) is 0. The normalized spacial score (nSPS) is 19.3. The van der Waals surface area contributed by atoms with Crippen LogP contribution in [0.25, 0.3) is 10.8 Å². The van der Waals surface area contributed by atoms with Gasteiger partial charge in [-0.15, -0.1) is 0 Å². The van der Waals surface area contributed by atoms with Crippen LogP contribution in [0.2, 0.25) is 0 Å². The molecule has 1 aliphatic heterocycles. The van der Waals surface area contributed by atoms with E-state index in [4.69, 9.17) is 5.26 Å². The van der Waals surface area contributed by atoms with E-state index in [2.05, 4.69) is 64.9 Å². The third kappa shape index (κ3) is 5.31. The quantitative estimate of drug-likeness (QED) is 0.580. The molecule has 0 bridgehead atoms. The fourth-order valence-corrected chi connectivity index (χ4v) is 5.32. The molecule has 0 spiro atoms. The minimum atomic E-state index is -0.573. The molecule has 1 saturated heterocycles. The Morgan fingerprint density at radius 3 is 2.62 bits per heavy atom. The Balaban J connectivity index is 1.30. The van der Waals surface area contributed by atoms with Gasteiger partial charge in [0.1, 0.15) is 0 Å². The molecule has 2 aromatic carbocycles. The first-order chi connectivity index (χ1) is 16.5. The van der Waals surface area contributed by atoms with Gasteiger partial charge in [-0.25, -0.2) is 0 Å². The summed E-state index contributed by atoms with van der Waals surface area (Å²) in [4.78, 5) is 28.0. The third-order valence-corrected chi connectivity index (χ3v) is 7.59. The van der Waals surface area contributed by atoms with Crippen molar-refractivity contribution in [1.82, 2.24) is 15.5 Å². The number of allylic oxidation sites excluding steroid dienone is 1. The number of carbonyl (C=O) groups is 2. The lowest BCUT2D eigenvalue weighted by molar-refractivity contribution is -0.142. The number of likely N-dealkylation sites (tertiary alicyclic amines) is 1. The van der Waals surface area contributed by atoms with Crippen molar-refractivity contribution in [2.24, 2.45) is 5.41 Å². The van der Waals surface area contributed by atoms with Crippen LogP contribution in [0.15, 0.2) is 54.6 Å². The van der Waals surface area contributed by atoms with E-state index in [0.29, 0.717) is 12.6 Å². The van der Waals surface area contributed by atoms with Crippen molar-refractivity contribution in [3.63, 3.8) is 0 Å². The van der Waals surface area contributed by atoms with Crippen LogP contribution in [0.3, 0.4) is 0 Å². The molecule has 1 unspecified atom stereocenters. The van der Waals surface area contributed by atoms with Crippen LogP contribution in [-0.2, 0) is 9.59 Å². The molecule has 6 nitrogen and oxygen atoms in total. The highest BCUT2D eigenvalue weighted by atomic mass is 16.2. The molecule has 4 rings (SSSR count). The van der Waals surface area contributed by atoms with Gasteiger partial charge in [0.2, 0.25) is 11.8 Å². The Bertz CT molecular complexity index is 1090. The average molecular weight is 459 g/mol. The number of amides is 2. The number of carbonyl (C=O) groups excluding carboxylic acids is 2. The number of nitrogens with zero attached hydrogens (tertiary/aromatic N) is 2. The molecule has 34 heavy (non-hydrogen) atoms. The summed E-state index contributed by atoms with van der Waals surface area (Å²) in [5, 5.41) is 17.2. The van der Waals surface area contributed by atoms with Gasteiger partial charge in [0, 0.05) is 44.2 Å². The first kappa shape index (κ1) is 24.0. The fraction of sp³-hybridized carbons (Fsp3) is 0.464. The molecule has 0 radical (unpaired) electrons. The molecular formula is C28H34N4O2. The van der Waals surface area contributed by atoms with Crippen molar-refractivity contribution in [2.75, 3.05) is 19.6 Å². The first-order valence-corrected chi connectivity index (χ1v) is 12.4. The van der Waals surface area contributed by atoms with Crippen LogP contribution in [0.5, 0.6) is 0 Å². The SMILES string of the molecule is CC(c1cccc2ccccc12)N1CCC(NC(=O)C2(CC(=O)NCC=CC#N)CCC2)CC1. The fourth-order valence-electron chi connectivity index (χ4n) is 5.32. The Labute approximate surface area is 202 Å². The lowest BCUT2D eigenvalue weighted by Crippen LogP contribution is -2.53. The van der Waals surface area contributed by atoms with Crippen LogP contribution in [0.4, 0.5) is 0 Å². The van der Waals surface area contributed by atoms with Gasteiger partial charge in [0.15, 0.2) is 0 Å². The maximum Gasteiger partial charge on any atom is 0.226 e. The van der Waals surface area contributed by atoms with Crippen LogP contribution in [0, 0.1) is 16.7 Å².